The molecule has 2 rings (SSSR count). The molecule has 0 heterocycles. The average molecular weight is 428 g/mol. The molecule has 150 valence electrons. The minimum absolute atomic E-state index is 0.145. The van der Waals surface area contributed by atoms with Gasteiger partial charge in [-0.1, -0.05) is 11.6 Å². The molecule has 0 spiro atoms. The van der Waals surface area contributed by atoms with E-state index in [1.54, 1.807) is 12.1 Å². The van der Waals surface area contributed by atoms with Crippen molar-refractivity contribution in [1.29, 1.82) is 0 Å². The lowest BCUT2D eigenvalue weighted by Crippen LogP contribution is -2.29. The van der Waals surface area contributed by atoms with Crippen molar-refractivity contribution < 1.29 is 22.9 Å². The molecular formula is C17H18ClN3O6S. The standard InChI is InChI=1S/C17H18ClN3O6S/c1-27-16-6-3-11(18)9-13(16)17(22)20-8-7-19-14-5-4-12(28(2,25)26)10-15(14)21(23)24/h3-6,9-10,19H,7-8H2,1-2H3,(H,20,22). The van der Waals surface area contributed by atoms with Gasteiger partial charge in [-0.3, -0.25) is 14.9 Å². The SMILES string of the molecule is COc1ccc(Cl)cc1C(=O)NCCNc1ccc(S(C)(=O)=O)cc1[N+](=O)[O-]. The minimum Gasteiger partial charge on any atom is -0.496 e. The Labute approximate surface area is 166 Å². The van der Waals surface area contributed by atoms with E-state index in [1.807, 2.05) is 0 Å². The number of benzene rings is 2. The fraction of sp³-hybridized carbons (Fsp3) is 0.235. The van der Waals surface area contributed by atoms with Crippen LogP contribution in [0, 0.1) is 10.1 Å². The van der Waals surface area contributed by atoms with Gasteiger partial charge in [0.05, 0.1) is 22.5 Å². The first-order chi connectivity index (χ1) is 13.1. The number of amides is 1. The summed E-state index contributed by atoms with van der Waals surface area (Å²) in [6.07, 6.45) is 0.971. The number of ether oxygens (including phenoxy) is 1. The maximum atomic E-state index is 12.3. The number of anilines is 1. The lowest BCUT2D eigenvalue weighted by atomic mass is 10.2. The van der Waals surface area contributed by atoms with Gasteiger partial charge < -0.3 is 15.4 Å². The molecule has 0 aliphatic rings. The summed E-state index contributed by atoms with van der Waals surface area (Å²) in [5.74, 6) is -0.0510. The van der Waals surface area contributed by atoms with E-state index < -0.39 is 20.7 Å². The van der Waals surface area contributed by atoms with Crippen molar-refractivity contribution in [2.45, 2.75) is 4.90 Å². The highest BCUT2D eigenvalue weighted by atomic mass is 35.5. The minimum atomic E-state index is -3.56. The Hall–Kier alpha value is -2.85. The second kappa shape index (κ2) is 8.89. The predicted octanol–water partition coefficient (Wildman–Crippen LogP) is 2.50. The van der Waals surface area contributed by atoms with Gasteiger partial charge in [-0.25, -0.2) is 8.42 Å². The zero-order valence-corrected chi connectivity index (χ0v) is 16.6. The first-order valence-corrected chi connectivity index (χ1v) is 10.2. The molecule has 0 bridgehead atoms. The van der Waals surface area contributed by atoms with E-state index in [9.17, 15) is 23.3 Å². The Kier molecular flexibility index (Phi) is 6.81. The zero-order chi connectivity index (χ0) is 20.9. The second-order valence-corrected chi connectivity index (χ2v) is 8.19. The van der Waals surface area contributed by atoms with Crippen LogP contribution in [0.1, 0.15) is 10.4 Å². The van der Waals surface area contributed by atoms with Crippen LogP contribution in [0.2, 0.25) is 5.02 Å². The lowest BCUT2D eigenvalue weighted by molar-refractivity contribution is -0.384. The topological polar surface area (TPSA) is 128 Å². The summed E-state index contributed by atoms with van der Waals surface area (Å²) < 4.78 is 28.2. The van der Waals surface area contributed by atoms with Gasteiger partial charge in [-0.15, -0.1) is 0 Å². The van der Waals surface area contributed by atoms with E-state index >= 15 is 0 Å². The van der Waals surface area contributed by atoms with Gasteiger partial charge in [-0.05, 0) is 30.3 Å². The van der Waals surface area contributed by atoms with Gasteiger partial charge in [0.25, 0.3) is 11.6 Å². The first kappa shape index (κ1) is 21.5. The number of nitrogens with zero attached hydrogens (tertiary/aromatic N) is 1. The van der Waals surface area contributed by atoms with Crippen LogP contribution in [0.3, 0.4) is 0 Å². The molecule has 0 radical (unpaired) electrons. The quantitative estimate of drug-likeness (QED) is 0.376. The summed E-state index contributed by atoms with van der Waals surface area (Å²) >= 11 is 5.90. The summed E-state index contributed by atoms with van der Waals surface area (Å²) in [5.41, 5.74) is 0.0382. The number of nitro groups is 1. The van der Waals surface area contributed by atoms with Gasteiger partial charge in [0.15, 0.2) is 9.84 Å². The van der Waals surface area contributed by atoms with Crippen molar-refractivity contribution >= 4 is 38.7 Å². The lowest BCUT2D eigenvalue weighted by Gasteiger charge is -2.11. The van der Waals surface area contributed by atoms with Crippen molar-refractivity contribution in [2.75, 3.05) is 31.8 Å². The van der Waals surface area contributed by atoms with E-state index in [0.29, 0.717) is 10.8 Å². The number of sulfone groups is 1. The Morgan fingerprint density at radius 1 is 1.21 bits per heavy atom. The van der Waals surface area contributed by atoms with Crippen molar-refractivity contribution in [3.05, 3.63) is 57.1 Å². The van der Waals surface area contributed by atoms with E-state index in [4.69, 9.17) is 16.3 Å². The number of hydrogen-bond acceptors (Lipinski definition) is 7. The molecule has 2 aromatic rings. The molecule has 28 heavy (non-hydrogen) atoms. The van der Waals surface area contributed by atoms with E-state index in [2.05, 4.69) is 10.6 Å². The van der Waals surface area contributed by atoms with Gasteiger partial charge in [0, 0.05) is 30.4 Å². The fourth-order valence-corrected chi connectivity index (χ4v) is 3.18. The fourth-order valence-electron chi connectivity index (χ4n) is 2.37. The summed E-state index contributed by atoms with van der Waals surface area (Å²) in [7, 11) is -2.13. The molecule has 0 atom stereocenters. The van der Waals surface area contributed by atoms with Crippen molar-refractivity contribution in [3.63, 3.8) is 0 Å². The molecule has 1 amide bonds. The number of nitrogens with one attached hydrogen (secondary N) is 2. The summed E-state index contributed by atoms with van der Waals surface area (Å²) in [5, 5.41) is 17.0. The number of nitro benzene ring substituents is 1. The molecular weight excluding hydrogens is 410 g/mol. The van der Waals surface area contributed by atoms with Crippen LogP contribution < -0.4 is 15.4 Å². The molecule has 0 unspecified atom stereocenters. The zero-order valence-electron chi connectivity index (χ0n) is 15.1. The molecule has 2 aromatic carbocycles. The molecule has 2 N–H and O–H groups in total. The molecule has 9 nitrogen and oxygen atoms in total. The highest BCUT2D eigenvalue weighted by molar-refractivity contribution is 7.90. The first-order valence-electron chi connectivity index (χ1n) is 7.97. The van der Waals surface area contributed by atoms with Crippen molar-refractivity contribution in [3.8, 4) is 5.75 Å². The smallest absolute Gasteiger partial charge is 0.293 e. The summed E-state index contributed by atoms with van der Waals surface area (Å²) in [6, 6.07) is 8.22. The largest absolute Gasteiger partial charge is 0.496 e. The van der Waals surface area contributed by atoms with Crippen LogP contribution >= 0.6 is 11.6 Å². The maximum Gasteiger partial charge on any atom is 0.293 e. The Balaban J connectivity index is 2.03. The Morgan fingerprint density at radius 3 is 2.54 bits per heavy atom. The predicted molar refractivity (Wildman–Crippen MR) is 105 cm³/mol. The Morgan fingerprint density at radius 2 is 1.93 bits per heavy atom. The van der Waals surface area contributed by atoms with Crippen molar-refractivity contribution in [2.24, 2.45) is 0 Å². The number of rotatable bonds is 8. The van der Waals surface area contributed by atoms with Crippen LogP contribution in [-0.2, 0) is 9.84 Å². The van der Waals surface area contributed by atoms with E-state index in [1.165, 1.54) is 25.3 Å². The number of carbonyl (C=O) groups excluding carboxylic acids is 1. The maximum absolute atomic E-state index is 12.3. The highest BCUT2D eigenvalue weighted by Gasteiger charge is 2.18. The van der Waals surface area contributed by atoms with E-state index in [-0.39, 0.29) is 34.9 Å². The third-order valence-electron chi connectivity index (χ3n) is 3.73. The van der Waals surface area contributed by atoms with Crippen LogP contribution in [-0.4, -0.2) is 45.7 Å². The van der Waals surface area contributed by atoms with Gasteiger partial charge in [-0.2, -0.15) is 0 Å². The Bertz CT molecular complexity index is 1010. The van der Waals surface area contributed by atoms with Crippen molar-refractivity contribution in [1.82, 2.24) is 5.32 Å². The van der Waals surface area contributed by atoms with Gasteiger partial charge >= 0.3 is 0 Å². The highest BCUT2D eigenvalue weighted by Crippen LogP contribution is 2.27. The van der Waals surface area contributed by atoms with Crippen LogP contribution in [0.4, 0.5) is 11.4 Å². The second-order valence-electron chi connectivity index (χ2n) is 5.74. The van der Waals surface area contributed by atoms with Gasteiger partial charge in [0.1, 0.15) is 11.4 Å². The molecule has 0 saturated heterocycles. The van der Waals surface area contributed by atoms with Gasteiger partial charge in [0.2, 0.25) is 0 Å². The summed E-state index contributed by atoms with van der Waals surface area (Å²) in [6.45, 7) is 0.327. The van der Waals surface area contributed by atoms with Crippen LogP contribution in [0.25, 0.3) is 0 Å². The molecule has 0 aromatic heterocycles. The monoisotopic (exact) mass is 427 g/mol. The number of carbonyl (C=O) groups is 1. The molecule has 0 fully saturated rings. The molecule has 0 aliphatic heterocycles. The number of halogens is 1. The summed E-state index contributed by atoms with van der Waals surface area (Å²) in [4.78, 5) is 22.6. The van der Waals surface area contributed by atoms with E-state index in [0.717, 1.165) is 12.3 Å². The third kappa shape index (κ3) is 5.33. The van der Waals surface area contributed by atoms with Crippen LogP contribution in [0.5, 0.6) is 5.75 Å². The number of hydrogen-bond donors (Lipinski definition) is 2. The molecule has 0 aliphatic carbocycles. The average Bonchev–Trinajstić information content (AvgIpc) is 2.64. The third-order valence-corrected chi connectivity index (χ3v) is 5.07. The van der Waals surface area contributed by atoms with Crippen LogP contribution in [0.15, 0.2) is 41.3 Å². The number of methoxy groups -OCH3 is 1. The molecule has 0 saturated carbocycles. The molecule has 11 heteroatoms. The normalized spacial score (nSPS) is 11.0.